The first-order chi connectivity index (χ1) is 9.94. The Hall–Kier alpha value is -0.340. The maximum Gasteiger partial charge on any atom is 0.240 e. The van der Waals surface area contributed by atoms with E-state index in [4.69, 9.17) is 17.3 Å². The van der Waals surface area contributed by atoms with Gasteiger partial charge >= 0.3 is 0 Å². The van der Waals surface area contributed by atoms with Gasteiger partial charge in [-0.15, -0.1) is 0 Å². The van der Waals surface area contributed by atoms with Crippen LogP contribution in [0.1, 0.15) is 18.4 Å². The standard InChI is InChI=1S/C13H18ClFN2O2S2/c14-13-10(7-16)5-11(6-12(13)15)21(18,19)17-8-9-1-3-20-4-2-9/h5-6,9,17H,1-4,7-8,16H2. The highest BCUT2D eigenvalue weighted by molar-refractivity contribution is 7.99. The first-order valence-corrected chi connectivity index (χ1v) is 9.71. The zero-order valence-electron chi connectivity index (χ0n) is 11.4. The molecule has 118 valence electrons. The summed E-state index contributed by atoms with van der Waals surface area (Å²) in [6.45, 7) is 0.365. The summed E-state index contributed by atoms with van der Waals surface area (Å²) in [5.74, 6) is 1.68. The summed E-state index contributed by atoms with van der Waals surface area (Å²) < 4.78 is 40.7. The molecule has 0 spiro atoms. The van der Waals surface area contributed by atoms with Crippen LogP contribution in [0.15, 0.2) is 17.0 Å². The van der Waals surface area contributed by atoms with Crippen LogP contribution in [0.2, 0.25) is 5.02 Å². The monoisotopic (exact) mass is 352 g/mol. The lowest BCUT2D eigenvalue weighted by Crippen LogP contribution is -2.31. The Balaban J connectivity index is 2.13. The number of hydrogen-bond acceptors (Lipinski definition) is 4. The minimum Gasteiger partial charge on any atom is -0.326 e. The molecule has 1 aromatic carbocycles. The number of hydrogen-bond donors (Lipinski definition) is 2. The molecule has 2 rings (SSSR count). The molecule has 0 atom stereocenters. The number of rotatable bonds is 5. The molecular formula is C13H18ClFN2O2S2. The predicted octanol–water partition coefficient (Wildman–Crippen LogP) is 2.36. The van der Waals surface area contributed by atoms with Gasteiger partial charge in [0.15, 0.2) is 0 Å². The molecule has 8 heteroatoms. The highest BCUT2D eigenvalue weighted by Crippen LogP contribution is 2.25. The van der Waals surface area contributed by atoms with E-state index in [2.05, 4.69) is 4.72 Å². The normalized spacial score (nSPS) is 17.1. The lowest BCUT2D eigenvalue weighted by molar-refractivity contribution is 0.476. The molecule has 0 bridgehead atoms. The molecule has 1 aliphatic rings. The summed E-state index contributed by atoms with van der Waals surface area (Å²) in [7, 11) is -3.74. The average Bonchev–Trinajstić information content (AvgIpc) is 2.49. The molecule has 1 aromatic rings. The summed E-state index contributed by atoms with van der Waals surface area (Å²) in [6.07, 6.45) is 1.99. The van der Waals surface area contributed by atoms with E-state index in [0.717, 1.165) is 30.4 Å². The van der Waals surface area contributed by atoms with Gasteiger partial charge in [0, 0.05) is 13.1 Å². The molecule has 0 unspecified atom stereocenters. The summed E-state index contributed by atoms with van der Waals surface area (Å²) >= 11 is 7.62. The van der Waals surface area contributed by atoms with Crippen LogP contribution in [-0.2, 0) is 16.6 Å². The third kappa shape index (κ3) is 4.32. The molecule has 4 nitrogen and oxygen atoms in total. The van der Waals surface area contributed by atoms with Crippen molar-refractivity contribution in [1.29, 1.82) is 0 Å². The van der Waals surface area contributed by atoms with Crippen molar-refractivity contribution in [3.8, 4) is 0 Å². The van der Waals surface area contributed by atoms with Gasteiger partial charge in [0.05, 0.1) is 9.92 Å². The van der Waals surface area contributed by atoms with E-state index in [1.165, 1.54) is 6.07 Å². The van der Waals surface area contributed by atoms with Crippen molar-refractivity contribution in [3.05, 3.63) is 28.5 Å². The van der Waals surface area contributed by atoms with Crippen molar-refractivity contribution in [2.75, 3.05) is 18.1 Å². The zero-order chi connectivity index (χ0) is 15.5. The highest BCUT2D eigenvalue weighted by atomic mass is 35.5. The minimum absolute atomic E-state index is 0.0149. The van der Waals surface area contributed by atoms with Crippen molar-refractivity contribution in [1.82, 2.24) is 4.72 Å². The molecule has 0 saturated carbocycles. The Morgan fingerprint density at radius 1 is 1.38 bits per heavy atom. The van der Waals surface area contributed by atoms with Gasteiger partial charge in [0.25, 0.3) is 0 Å². The molecule has 3 N–H and O–H groups in total. The Morgan fingerprint density at radius 2 is 2.05 bits per heavy atom. The van der Waals surface area contributed by atoms with Crippen LogP contribution in [-0.4, -0.2) is 26.5 Å². The largest absolute Gasteiger partial charge is 0.326 e. The van der Waals surface area contributed by atoms with Crippen LogP contribution >= 0.6 is 23.4 Å². The second kappa shape index (κ2) is 7.28. The second-order valence-electron chi connectivity index (χ2n) is 4.99. The topological polar surface area (TPSA) is 72.2 Å². The molecule has 21 heavy (non-hydrogen) atoms. The highest BCUT2D eigenvalue weighted by Gasteiger charge is 2.21. The Kier molecular flexibility index (Phi) is 5.90. The van der Waals surface area contributed by atoms with Crippen molar-refractivity contribution in [3.63, 3.8) is 0 Å². The van der Waals surface area contributed by atoms with Crippen LogP contribution in [0.4, 0.5) is 4.39 Å². The van der Waals surface area contributed by atoms with Gasteiger partial charge in [-0.3, -0.25) is 0 Å². The molecule has 1 fully saturated rings. The predicted molar refractivity (Wildman–Crippen MR) is 84.5 cm³/mol. The molecule has 0 amide bonds. The lowest BCUT2D eigenvalue weighted by atomic mass is 10.0. The Bertz CT molecular complexity index is 604. The van der Waals surface area contributed by atoms with Gasteiger partial charge in [-0.05, 0) is 48.0 Å². The fraction of sp³-hybridized carbons (Fsp3) is 0.538. The quantitative estimate of drug-likeness (QED) is 0.853. The van der Waals surface area contributed by atoms with E-state index in [1.54, 1.807) is 0 Å². The molecular weight excluding hydrogens is 335 g/mol. The maximum absolute atomic E-state index is 13.7. The fourth-order valence-electron chi connectivity index (χ4n) is 2.18. The van der Waals surface area contributed by atoms with Gasteiger partial charge in [-0.1, -0.05) is 11.6 Å². The first kappa shape index (κ1) is 17.0. The summed E-state index contributed by atoms with van der Waals surface area (Å²) in [6, 6.07) is 2.25. The van der Waals surface area contributed by atoms with Crippen LogP contribution in [0.5, 0.6) is 0 Å². The third-order valence-electron chi connectivity index (χ3n) is 3.51. The molecule has 0 radical (unpaired) electrons. The van der Waals surface area contributed by atoms with Crippen molar-refractivity contribution in [2.45, 2.75) is 24.3 Å². The zero-order valence-corrected chi connectivity index (χ0v) is 13.8. The van der Waals surface area contributed by atoms with E-state index in [9.17, 15) is 12.8 Å². The molecule has 0 aliphatic carbocycles. The van der Waals surface area contributed by atoms with Crippen molar-refractivity contribution in [2.24, 2.45) is 11.7 Å². The summed E-state index contributed by atoms with van der Waals surface area (Å²) in [5, 5.41) is -0.124. The van der Waals surface area contributed by atoms with Gasteiger partial charge in [-0.2, -0.15) is 11.8 Å². The van der Waals surface area contributed by atoms with Crippen LogP contribution in [0.3, 0.4) is 0 Å². The lowest BCUT2D eigenvalue weighted by Gasteiger charge is -2.21. The number of sulfonamides is 1. The van der Waals surface area contributed by atoms with E-state index in [1.807, 2.05) is 11.8 Å². The smallest absolute Gasteiger partial charge is 0.240 e. The molecule has 1 saturated heterocycles. The first-order valence-electron chi connectivity index (χ1n) is 6.69. The number of halogens is 2. The van der Waals surface area contributed by atoms with Gasteiger partial charge in [-0.25, -0.2) is 17.5 Å². The molecule has 1 heterocycles. The van der Waals surface area contributed by atoms with E-state index >= 15 is 0 Å². The van der Waals surface area contributed by atoms with Crippen LogP contribution in [0, 0.1) is 11.7 Å². The van der Waals surface area contributed by atoms with Gasteiger partial charge in [0.2, 0.25) is 10.0 Å². The van der Waals surface area contributed by atoms with Crippen molar-refractivity contribution >= 4 is 33.4 Å². The second-order valence-corrected chi connectivity index (χ2v) is 8.36. The van der Waals surface area contributed by atoms with Crippen molar-refractivity contribution < 1.29 is 12.8 Å². The summed E-state index contributed by atoms with van der Waals surface area (Å²) in [4.78, 5) is -0.130. The van der Waals surface area contributed by atoms with E-state index < -0.39 is 15.8 Å². The number of nitrogens with two attached hydrogens (primary N) is 1. The third-order valence-corrected chi connectivity index (χ3v) is 6.39. The average molecular weight is 353 g/mol. The number of benzene rings is 1. The van der Waals surface area contributed by atoms with Crippen LogP contribution in [0.25, 0.3) is 0 Å². The number of thioether (sulfide) groups is 1. The summed E-state index contributed by atoms with van der Waals surface area (Å²) in [5.41, 5.74) is 5.74. The molecule has 0 aromatic heterocycles. The Morgan fingerprint density at radius 3 is 2.67 bits per heavy atom. The fourth-order valence-corrected chi connectivity index (χ4v) is 4.75. The SMILES string of the molecule is NCc1cc(S(=O)(=O)NCC2CCSCC2)cc(F)c1Cl. The van der Waals surface area contributed by atoms with Crippen LogP contribution < -0.4 is 10.5 Å². The van der Waals surface area contributed by atoms with Gasteiger partial charge in [0.1, 0.15) is 5.82 Å². The number of nitrogens with one attached hydrogen (secondary N) is 1. The maximum atomic E-state index is 13.7. The molecule has 1 aliphatic heterocycles. The Labute approximate surface area is 133 Å². The van der Waals surface area contributed by atoms with E-state index in [-0.39, 0.29) is 22.0 Å². The van der Waals surface area contributed by atoms with Gasteiger partial charge < -0.3 is 5.73 Å². The minimum atomic E-state index is -3.74. The van der Waals surface area contributed by atoms with E-state index in [0.29, 0.717) is 12.5 Å².